The lowest BCUT2D eigenvalue weighted by atomic mass is 10.2. The lowest BCUT2D eigenvalue weighted by Gasteiger charge is -2.28. The van der Waals surface area contributed by atoms with Crippen molar-refractivity contribution in [2.24, 2.45) is 0 Å². The molecule has 2 rings (SSSR count). The van der Waals surface area contributed by atoms with Crippen LogP contribution < -0.4 is 14.4 Å². The van der Waals surface area contributed by atoms with E-state index in [1.165, 1.54) is 25.1 Å². The largest absolute Gasteiger partial charge is 0.494 e. The summed E-state index contributed by atoms with van der Waals surface area (Å²) in [5.74, 6) is -0.0304. The van der Waals surface area contributed by atoms with Crippen molar-refractivity contribution in [2.45, 2.75) is 19.9 Å². The molecule has 0 spiro atoms. The molecule has 150 valence electrons. The van der Waals surface area contributed by atoms with Gasteiger partial charge < -0.3 is 10.1 Å². The van der Waals surface area contributed by atoms with Crippen molar-refractivity contribution >= 4 is 33.0 Å². The van der Waals surface area contributed by atoms with Crippen LogP contribution >= 0.6 is 0 Å². The molecule has 0 radical (unpaired) electrons. The summed E-state index contributed by atoms with van der Waals surface area (Å²) in [6.45, 7) is 3.69. The Labute approximate surface area is 163 Å². The minimum atomic E-state index is -3.89. The predicted octanol–water partition coefficient (Wildman–Crippen LogP) is 2.79. The third-order valence-corrected chi connectivity index (χ3v) is 5.04. The van der Waals surface area contributed by atoms with Crippen LogP contribution in [0.25, 0.3) is 0 Å². The van der Waals surface area contributed by atoms with E-state index in [-0.39, 0.29) is 11.4 Å². The summed E-state index contributed by atoms with van der Waals surface area (Å²) in [7, 11) is -3.89. The normalized spacial score (nSPS) is 12.1. The van der Waals surface area contributed by atoms with Crippen LogP contribution in [0.1, 0.15) is 13.8 Å². The monoisotopic (exact) mass is 407 g/mol. The van der Waals surface area contributed by atoms with Crippen LogP contribution in [0.15, 0.2) is 48.5 Å². The lowest BCUT2D eigenvalue weighted by Crippen LogP contribution is -2.45. The molecule has 0 aliphatic carbocycles. The van der Waals surface area contributed by atoms with Gasteiger partial charge in [-0.1, -0.05) is 12.1 Å². The molecule has 10 heteroatoms. The fourth-order valence-corrected chi connectivity index (χ4v) is 3.80. The molecule has 9 nitrogen and oxygen atoms in total. The van der Waals surface area contributed by atoms with Gasteiger partial charge in [0.05, 0.1) is 23.5 Å². The Morgan fingerprint density at radius 2 is 1.93 bits per heavy atom. The maximum absolute atomic E-state index is 12.7. The third-order valence-electron chi connectivity index (χ3n) is 3.80. The van der Waals surface area contributed by atoms with Crippen molar-refractivity contribution in [3.63, 3.8) is 0 Å². The number of carbonyl (C=O) groups is 1. The summed E-state index contributed by atoms with van der Waals surface area (Å²) < 4.78 is 30.8. The van der Waals surface area contributed by atoms with E-state index in [2.05, 4.69) is 5.32 Å². The van der Waals surface area contributed by atoms with Gasteiger partial charge in [0.2, 0.25) is 15.9 Å². The van der Waals surface area contributed by atoms with Crippen LogP contribution in [0.5, 0.6) is 5.75 Å². The quantitative estimate of drug-likeness (QED) is 0.531. The molecule has 1 amide bonds. The number of carbonyl (C=O) groups excluding carboxylic acids is 1. The molecular weight excluding hydrogens is 386 g/mol. The first-order chi connectivity index (χ1) is 13.1. The van der Waals surface area contributed by atoms with E-state index in [1.54, 1.807) is 24.3 Å². The number of anilines is 2. The van der Waals surface area contributed by atoms with Gasteiger partial charge in [-0.15, -0.1) is 0 Å². The van der Waals surface area contributed by atoms with Gasteiger partial charge in [0.1, 0.15) is 11.8 Å². The van der Waals surface area contributed by atoms with Gasteiger partial charge in [-0.05, 0) is 32.0 Å². The zero-order chi connectivity index (χ0) is 20.9. The number of nitrogens with zero attached hydrogens (tertiary/aromatic N) is 2. The van der Waals surface area contributed by atoms with Crippen LogP contribution in [-0.2, 0) is 14.8 Å². The van der Waals surface area contributed by atoms with Gasteiger partial charge in [0.15, 0.2) is 0 Å². The first kappa shape index (κ1) is 21.2. The van der Waals surface area contributed by atoms with Crippen LogP contribution in [-0.4, -0.2) is 38.2 Å². The average Bonchev–Trinajstić information content (AvgIpc) is 2.61. The number of sulfonamides is 1. The number of nitrogens with one attached hydrogen (secondary N) is 1. The molecule has 0 heterocycles. The number of hydrogen-bond donors (Lipinski definition) is 1. The molecule has 0 fully saturated rings. The summed E-state index contributed by atoms with van der Waals surface area (Å²) in [5.41, 5.74) is 0.195. The minimum Gasteiger partial charge on any atom is -0.494 e. The predicted molar refractivity (Wildman–Crippen MR) is 106 cm³/mol. The molecule has 2 aromatic rings. The van der Waals surface area contributed by atoms with Crippen molar-refractivity contribution < 1.29 is 22.9 Å². The molecule has 0 aromatic heterocycles. The number of non-ortho nitro benzene ring substituents is 1. The zero-order valence-corrected chi connectivity index (χ0v) is 16.5. The van der Waals surface area contributed by atoms with Crippen molar-refractivity contribution in [3.8, 4) is 5.75 Å². The van der Waals surface area contributed by atoms with E-state index >= 15 is 0 Å². The highest BCUT2D eigenvalue weighted by atomic mass is 32.2. The highest BCUT2D eigenvalue weighted by Crippen LogP contribution is 2.26. The Balaban J connectivity index is 2.32. The molecule has 0 aliphatic heterocycles. The second kappa shape index (κ2) is 8.70. The van der Waals surface area contributed by atoms with Crippen molar-refractivity contribution in [2.75, 3.05) is 22.5 Å². The molecular formula is C18H21N3O6S. The smallest absolute Gasteiger partial charge is 0.271 e. The van der Waals surface area contributed by atoms with E-state index in [0.717, 1.165) is 16.6 Å². The number of ether oxygens (including phenoxy) is 1. The maximum atomic E-state index is 12.7. The van der Waals surface area contributed by atoms with Gasteiger partial charge in [-0.25, -0.2) is 8.42 Å². The van der Waals surface area contributed by atoms with E-state index in [4.69, 9.17) is 4.74 Å². The van der Waals surface area contributed by atoms with E-state index < -0.39 is 26.9 Å². The van der Waals surface area contributed by atoms with Crippen molar-refractivity contribution in [3.05, 3.63) is 58.6 Å². The molecule has 0 saturated heterocycles. The third kappa shape index (κ3) is 5.19. The minimum absolute atomic E-state index is 0.0300. The summed E-state index contributed by atoms with van der Waals surface area (Å²) in [6.07, 6.45) is 0.936. The van der Waals surface area contributed by atoms with Crippen LogP contribution in [0.4, 0.5) is 17.1 Å². The maximum Gasteiger partial charge on any atom is 0.271 e. The standard InChI is InChI=1S/C18H21N3O6S/c1-4-27-17-10-5-7-14(11-17)19-18(22)13(2)20(28(3,25)26)15-8-6-9-16(12-15)21(23)24/h5-13H,4H2,1-3H3,(H,19,22)/t13-/m0/s1. The fourth-order valence-electron chi connectivity index (χ4n) is 2.63. The van der Waals surface area contributed by atoms with Crippen molar-refractivity contribution in [1.29, 1.82) is 0 Å². The number of hydrogen-bond acceptors (Lipinski definition) is 6. The van der Waals surface area contributed by atoms with Gasteiger partial charge in [-0.2, -0.15) is 0 Å². The van der Waals surface area contributed by atoms with Gasteiger partial charge in [-0.3, -0.25) is 19.2 Å². The topological polar surface area (TPSA) is 119 Å². The summed E-state index contributed by atoms with van der Waals surface area (Å²) in [5, 5.41) is 13.6. The number of nitro benzene ring substituents is 1. The van der Waals surface area contributed by atoms with Gasteiger partial charge in [0.25, 0.3) is 5.69 Å². The molecule has 0 unspecified atom stereocenters. The lowest BCUT2D eigenvalue weighted by molar-refractivity contribution is -0.384. The van der Waals surface area contributed by atoms with Crippen LogP contribution in [0, 0.1) is 10.1 Å². The summed E-state index contributed by atoms with van der Waals surface area (Å²) in [6, 6.07) is 10.7. The number of benzene rings is 2. The Morgan fingerprint density at radius 1 is 1.25 bits per heavy atom. The number of rotatable bonds is 8. The van der Waals surface area contributed by atoms with E-state index in [9.17, 15) is 23.3 Å². The van der Waals surface area contributed by atoms with Crippen molar-refractivity contribution in [1.82, 2.24) is 0 Å². The van der Waals surface area contributed by atoms with Crippen LogP contribution in [0.2, 0.25) is 0 Å². The van der Waals surface area contributed by atoms with E-state index in [1.807, 2.05) is 6.92 Å². The van der Waals surface area contributed by atoms with Gasteiger partial charge in [0, 0.05) is 23.9 Å². The number of amides is 1. The number of nitro groups is 1. The molecule has 1 atom stereocenters. The SMILES string of the molecule is CCOc1cccc(NC(=O)[C@H](C)N(c2cccc([N+](=O)[O-])c2)S(C)(=O)=O)c1. The Hall–Kier alpha value is -3.14. The van der Waals surface area contributed by atoms with Gasteiger partial charge >= 0.3 is 0 Å². The fraction of sp³-hybridized carbons (Fsp3) is 0.278. The molecule has 2 aromatic carbocycles. The van der Waals surface area contributed by atoms with Crippen LogP contribution in [0.3, 0.4) is 0 Å². The molecule has 28 heavy (non-hydrogen) atoms. The highest BCUT2D eigenvalue weighted by Gasteiger charge is 2.30. The Bertz CT molecular complexity index is 977. The Kier molecular flexibility index (Phi) is 6.57. The van der Waals surface area contributed by atoms with E-state index in [0.29, 0.717) is 18.0 Å². The molecule has 0 bridgehead atoms. The summed E-state index contributed by atoms with van der Waals surface area (Å²) in [4.78, 5) is 23.0. The second-order valence-corrected chi connectivity index (χ2v) is 7.82. The second-order valence-electron chi connectivity index (χ2n) is 5.96. The zero-order valence-electron chi connectivity index (χ0n) is 15.7. The first-order valence-electron chi connectivity index (χ1n) is 8.41. The summed E-state index contributed by atoms with van der Waals surface area (Å²) >= 11 is 0. The average molecular weight is 407 g/mol. The molecule has 0 aliphatic rings. The molecule has 1 N–H and O–H groups in total. The molecule has 0 saturated carbocycles. The first-order valence-corrected chi connectivity index (χ1v) is 10.3. The highest BCUT2D eigenvalue weighted by molar-refractivity contribution is 7.92. The Morgan fingerprint density at radius 3 is 2.54 bits per heavy atom.